The van der Waals surface area contributed by atoms with Gasteiger partial charge in [0.15, 0.2) is 11.2 Å². The van der Waals surface area contributed by atoms with E-state index in [0.717, 1.165) is 0 Å². The fourth-order valence-electron chi connectivity index (χ4n) is 2.76. The molecule has 126 valence electrons. The number of nitrogens with zero attached hydrogens (tertiary/aromatic N) is 6. The number of H-pyrrole nitrogens is 1. The Balaban J connectivity index is 1.72. The number of aromatic amines is 1. The van der Waals surface area contributed by atoms with Crippen molar-refractivity contribution in [2.24, 2.45) is 0 Å². The Labute approximate surface area is 134 Å². The summed E-state index contributed by atoms with van der Waals surface area (Å²) in [6.07, 6.45) is 0.0681. The lowest BCUT2D eigenvalue weighted by Crippen LogP contribution is -2.26. The SMILES string of the molecule is C=C(C)OC[C@H]1O[C@@H](n2cnc3c(=O)[nH]c4nnnn4c32)CC1O. The monoisotopic (exact) mass is 333 g/mol. The third-order valence-electron chi connectivity index (χ3n) is 3.89. The largest absolute Gasteiger partial charge is 0.496 e. The number of hydrogen-bond donors (Lipinski definition) is 2. The Morgan fingerprint density at radius 2 is 2.46 bits per heavy atom. The Morgan fingerprint density at radius 3 is 3.25 bits per heavy atom. The smallest absolute Gasteiger partial charge is 0.280 e. The average Bonchev–Trinajstić information content (AvgIpc) is 3.22. The lowest BCUT2D eigenvalue weighted by atomic mass is 10.2. The van der Waals surface area contributed by atoms with Crippen molar-refractivity contribution in [3.8, 4) is 0 Å². The van der Waals surface area contributed by atoms with Crippen molar-refractivity contribution in [2.45, 2.75) is 31.8 Å². The number of imidazole rings is 1. The van der Waals surface area contributed by atoms with Gasteiger partial charge in [0, 0.05) is 6.42 Å². The molecule has 0 aliphatic carbocycles. The number of rotatable bonds is 4. The van der Waals surface area contributed by atoms with Crippen LogP contribution >= 0.6 is 0 Å². The van der Waals surface area contributed by atoms with Crippen LogP contribution < -0.4 is 5.56 Å². The summed E-state index contributed by atoms with van der Waals surface area (Å²) in [6.45, 7) is 5.57. The van der Waals surface area contributed by atoms with Crippen LogP contribution in [0, 0.1) is 0 Å². The van der Waals surface area contributed by atoms with Gasteiger partial charge in [0.05, 0.1) is 18.2 Å². The van der Waals surface area contributed by atoms with Gasteiger partial charge in [0.1, 0.15) is 18.9 Å². The van der Waals surface area contributed by atoms with Gasteiger partial charge in [-0.05, 0) is 17.4 Å². The molecule has 1 aliphatic heterocycles. The quantitative estimate of drug-likeness (QED) is 0.603. The molecule has 1 unspecified atom stereocenters. The molecule has 0 radical (unpaired) electrons. The zero-order valence-corrected chi connectivity index (χ0v) is 12.8. The Hall–Kier alpha value is -2.79. The zero-order chi connectivity index (χ0) is 16.8. The third-order valence-corrected chi connectivity index (χ3v) is 3.89. The summed E-state index contributed by atoms with van der Waals surface area (Å²) in [6, 6.07) is 0. The number of ether oxygens (including phenoxy) is 2. The Bertz CT molecular complexity index is 974. The highest BCUT2D eigenvalue weighted by molar-refractivity contribution is 5.72. The van der Waals surface area contributed by atoms with E-state index >= 15 is 0 Å². The van der Waals surface area contributed by atoms with E-state index in [1.165, 1.54) is 10.8 Å². The highest BCUT2D eigenvalue weighted by Gasteiger charge is 2.36. The van der Waals surface area contributed by atoms with Gasteiger partial charge < -0.3 is 14.6 Å². The average molecular weight is 333 g/mol. The van der Waals surface area contributed by atoms with Gasteiger partial charge in [0.25, 0.3) is 11.3 Å². The fourth-order valence-corrected chi connectivity index (χ4v) is 2.76. The van der Waals surface area contributed by atoms with Gasteiger partial charge >= 0.3 is 0 Å². The Kier molecular flexibility index (Phi) is 3.32. The number of aliphatic hydroxyl groups excluding tert-OH is 1. The molecule has 2 N–H and O–H groups in total. The molecular formula is C13H15N7O4. The number of aliphatic hydroxyl groups is 1. The lowest BCUT2D eigenvalue weighted by Gasteiger charge is -2.16. The number of hydrogen-bond acceptors (Lipinski definition) is 8. The zero-order valence-electron chi connectivity index (χ0n) is 12.8. The van der Waals surface area contributed by atoms with Gasteiger partial charge in [-0.3, -0.25) is 14.3 Å². The second-order valence-corrected chi connectivity index (χ2v) is 5.64. The van der Waals surface area contributed by atoms with Crippen LogP contribution in [-0.2, 0) is 9.47 Å². The highest BCUT2D eigenvalue weighted by Crippen LogP contribution is 2.31. The molecule has 4 heterocycles. The van der Waals surface area contributed by atoms with E-state index in [1.54, 1.807) is 11.5 Å². The summed E-state index contributed by atoms with van der Waals surface area (Å²) in [4.78, 5) is 18.7. The molecule has 11 nitrogen and oxygen atoms in total. The van der Waals surface area contributed by atoms with E-state index in [2.05, 4.69) is 32.1 Å². The van der Waals surface area contributed by atoms with Gasteiger partial charge in [-0.1, -0.05) is 11.7 Å². The summed E-state index contributed by atoms with van der Waals surface area (Å²) >= 11 is 0. The molecule has 0 saturated carbocycles. The van der Waals surface area contributed by atoms with Gasteiger partial charge in [-0.15, -0.1) is 0 Å². The van der Waals surface area contributed by atoms with E-state index in [0.29, 0.717) is 17.8 Å². The summed E-state index contributed by atoms with van der Waals surface area (Å²) in [7, 11) is 0. The summed E-state index contributed by atoms with van der Waals surface area (Å²) in [5, 5.41) is 21.3. The van der Waals surface area contributed by atoms with Gasteiger partial charge in [0.2, 0.25) is 0 Å². The molecule has 0 amide bonds. The minimum absolute atomic E-state index is 0.189. The van der Waals surface area contributed by atoms with E-state index in [4.69, 9.17) is 9.47 Å². The third kappa shape index (κ3) is 2.25. The summed E-state index contributed by atoms with van der Waals surface area (Å²) in [5.74, 6) is 0.749. The second kappa shape index (κ2) is 5.39. The van der Waals surface area contributed by atoms with Crippen molar-refractivity contribution < 1.29 is 14.6 Å². The minimum atomic E-state index is -0.710. The van der Waals surface area contributed by atoms with Crippen LogP contribution in [0.1, 0.15) is 19.6 Å². The highest BCUT2D eigenvalue weighted by atomic mass is 16.6. The maximum absolute atomic E-state index is 12.1. The van der Waals surface area contributed by atoms with Crippen molar-refractivity contribution in [3.63, 3.8) is 0 Å². The number of aromatic nitrogens is 7. The lowest BCUT2D eigenvalue weighted by molar-refractivity contribution is -0.0495. The predicted octanol–water partition coefficient (Wildman–Crippen LogP) is -0.639. The molecule has 1 fully saturated rings. The number of tetrazole rings is 1. The second-order valence-electron chi connectivity index (χ2n) is 5.64. The Morgan fingerprint density at radius 1 is 1.62 bits per heavy atom. The van der Waals surface area contributed by atoms with Crippen LogP contribution in [0.15, 0.2) is 23.5 Å². The molecule has 0 bridgehead atoms. The predicted molar refractivity (Wildman–Crippen MR) is 80.0 cm³/mol. The number of allylic oxidation sites excluding steroid dienone is 1. The van der Waals surface area contributed by atoms with Crippen LogP contribution in [0.5, 0.6) is 0 Å². The summed E-state index contributed by atoms with van der Waals surface area (Å²) in [5.41, 5.74) is 0.193. The van der Waals surface area contributed by atoms with Crippen molar-refractivity contribution in [3.05, 3.63) is 29.0 Å². The molecule has 3 aromatic rings. The van der Waals surface area contributed by atoms with Gasteiger partial charge in [-0.25, -0.2) is 4.98 Å². The van der Waals surface area contributed by atoms with E-state index < -0.39 is 24.0 Å². The van der Waals surface area contributed by atoms with Crippen LogP contribution in [0.2, 0.25) is 0 Å². The van der Waals surface area contributed by atoms with Crippen LogP contribution in [0.4, 0.5) is 0 Å². The first-order valence-electron chi connectivity index (χ1n) is 7.33. The van der Waals surface area contributed by atoms with Crippen molar-refractivity contribution in [2.75, 3.05) is 6.61 Å². The normalized spacial score (nSPS) is 24.0. The minimum Gasteiger partial charge on any atom is -0.496 e. The fraction of sp³-hybridized carbons (Fsp3) is 0.462. The molecule has 1 aliphatic rings. The summed E-state index contributed by atoms with van der Waals surface area (Å²) < 4.78 is 14.2. The first-order chi connectivity index (χ1) is 11.5. The molecular weight excluding hydrogens is 318 g/mol. The standard InChI is InChI=1S/C13H15N7O4/c1-6(2)23-4-8-7(21)3-9(24-8)19-5-14-10-11(22)15-13-16-17-18-20(13)12(10)19/h5,7-9,21H,1,3-4H2,2H3,(H,15,16,18,22)/t7?,8-,9-/m1/s1. The molecule has 0 aromatic carbocycles. The molecule has 0 spiro atoms. The first-order valence-corrected chi connectivity index (χ1v) is 7.33. The maximum Gasteiger partial charge on any atom is 0.280 e. The van der Waals surface area contributed by atoms with Crippen molar-refractivity contribution >= 4 is 16.9 Å². The number of fused-ring (bicyclic) bond motifs is 3. The van der Waals surface area contributed by atoms with E-state index in [-0.39, 0.29) is 17.9 Å². The van der Waals surface area contributed by atoms with Crippen LogP contribution in [0.3, 0.4) is 0 Å². The van der Waals surface area contributed by atoms with Crippen LogP contribution in [-0.4, -0.2) is 58.5 Å². The molecule has 24 heavy (non-hydrogen) atoms. The van der Waals surface area contributed by atoms with E-state index in [9.17, 15) is 9.90 Å². The molecule has 4 rings (SSSR count). The van der Waals surface area contributed by atoms with Crippen LogP contribution in [0.25, 0.3) is 16.9 Å². The number of nitrogens with one attached hydrogen (secondary N) is 1. The van der Waals surface area contributed by atoms with Crippen molar-refractivity contribution in [1.29, 1.82) is 0 Å². The molecule has 3 atom stereocenters. The van der Waals surface area contributed by atoms with E-state index in [1.807, 2.05) is 0 Å². The van der Waals surface area contributed by atoms with Crippen molar-refractivity contribution in [1.82, 2.24) is 34.6 Å². The maximum atomic E-state index is 12.1. The molecule has 3 aromatic heterocycles. The topological polar surface area (TPSA) is 132 Å². The van der Waals surface area contributed by atoms with Gasteiger partial charge in [-0.2, -0.15) is 4.52 Å². The molecule has 11 heteroatoms. The molecule has 1 saturated heterocycles. The first kappa shape index (κ1) is 14.8.